The lowest BCUT2D eigenvalue weighted by molar-refractivity contribution is 0.251. The van der Waals surface area contributed by atoms with Crippen LogP contribution in [0.15, 0.2) is 53.0 Å². The van der Waals surface area contributed by atoms with Gasteiger partial charge in [0.1, 0.15) is 5.82 Å². The van der Waals surface area contributed by atoms with Crippen molar-refractivity contribution in [1.29, 1.82) is 0 Å². The number of carbonyl (C=O) groups is 1. The summed E-state index contributed by atoms with van der Waals surface area (Å²) in [6, 6.07) is 14.1. The molecule has 0 aliphatic carbocycles. The molecule has 2 N–H and O–H groups in total. The molecule has 0 radical (unpaired) electrons. The van der Waals surface area contributed by atoms with Crippen LogP contribution in [0.2, 0.25) is 0 Å². The predicted molar refractivity (Wildman–Crippen MR) is 107 cm³/mol. The smallest absolute Gasteiger partial charge is 0.319 e. The SMILES string of the molecule is Cc1nn(Cc2ccccc2)c(C)c1CNC(=O)Nc1ccc(Br)cc1F. The normalized spacial score (nSPS) is 10.7. The summed E-state index contributed by atoms with van der Waals surface area (Å²) in [5, 5.41) is 9.86. The Balaban J connectivity index is 1.64. The molecule has 2 aromatic carbocycles. The Morgan fingerprint density at radius 2 is 1.93 bits per heavy atom. The third-order valence-electron chi connectivity index (χ3n) is 4.31. The molecule has 3 rings (SSSR count). The van der Waals surface area contributed by atoms with E-state index in [9.17, 15) is 9.18 Å². The molecule has 0 fully saturated rings. The van der Waals surface area contributed by atoms with Crippen LogP contribution in [0.3, 0.4) is 0 Å². The number of benzene rings is 2. The maximum Gasteiger partial charge on any atom is 0.319 e. The van der Waals surface area contributed by atoms with E-state index in [2.05, 4.69) is 43.8 Å². The van der Waals surface area contributed by atoms with Gasteiger partial charge in [-0.05, 0) is 37.6 Å². The lowest BCUT2D eigenvalue weighted by Crippen LogP contribution is -2.29. The fraction of sp³-hybridized carbons (Fsp3) is 0.200. The van der Waals surface area contributed by atoms with E-state index >= 15 is 0 Å². The number of halogens is 2. The summed E-state index contributed by atoms with van der Waals surface area (Å²) in [7, 11) is 0. The average molecular weight is 431 g/mol. The molecule has 0 unspecified atom stereocenters. The minimum absolute atomic E-state index is 0.129. The first-order chi connectivity index (χ1) is 12.9. The average Bonchev–Trinajstić information content (AvgIpc) is 2.90. The number of hydrogen-bond acceptors (Lipinski definition) is 2. The van der Waals surface area contributed by atoms with Gasteiger partial charge in [0.2, 0.25) is 0 Å². The summed E-state index contributed by atoms with van der Waals surface area (Å²) < 4.78 is 16.4. The first-order valence-corrected chi connectivity index (χ1v) is 9.30. The molecule has 1 heterocycles. The summed E-state index contributed by atoms with van der Waals surface area (Å²) in [6.07, 6.45) is 0. The molecule has 1 aromatic heterocycles. The summed E-state index contributed by atoms with van der Waals surface area (Å²) >= 11 is 3.19. The van der Waals surface area contributed by atoms with Crippen molar-refractivity contribution >= 4 is 27.6 Å². The van der Waals surface area contributed by atoms with Gasteiger partial charge in [-0.2, -0.15) is 5.10 Å². The van der Waals surface area contributed by atoms with Crippen LogP contribution in [0.1, 0.15) is 22.5 Å². The number of anilines is 1. The van der Waals surface area contributed by atoms with E-state index in [0.29, 0.717) is 17.6 Å². The topological polar surface area (TPSA) is 59.0 Å². The molecule has 140 valence electrons. The summed E-state index contributed by atoms with van der Waals surface area (Å²) in [6.45, 7) is 4.88. The van der Waals surface area contributed by atoms with Crippen molar-refractivity contribution in [2.75, 3.05) is 5.32 Å². The Bertz CT molecular complexity index is 956. The third-order valence-corrected chi connectivity index (χ3v) is 4.80. The van der Waals surface area contributed by atoms with Gasteiger partial charge in [0.25, 0.3) is 0 Å². The minimum Gasteiger partial charge on any atom is -0.334 e. The summed E-state index contributed by atoms with van der Waals surface area (Å²) in [5.41, 5.74) is 4.09. The van der Waals surface area contributed by atoms with Crippen molar-refractivity contribution in [3.63, 3.8) is 0 Å². The largest absolute Gasteiger partial charge is 0.334 e. The van der Waals surface area contributed by atoms with Gasteiger partial charge in [-0.3, -0.25) is 4.68 Å². The van der Waals surface area contributed by atoms with Crippen LogP contribution in [0.25, 0.3) is 0 Å². The number of rotatable bonds is 5. The highest BCUT2D eigenvalue weighted by atomic mass is 79.9. The molecule has 5 nitrogen and oxygen atoms in total. The van der Waals surface area contributed by atoms with Crippen molar-refractivity contribution in [2.24, 2.45) is 0 Å². The molecule has 0 aliphatic heterocycles. The second kappa shape index (κ2) is 8.35. The highest BCUT2D eigenvalue weighted by Gasteiger charge is 2.13. The fourth-order valence-electron chi connectivity index (χ4n) is 2.83. The number of urea groups is 1. The lowest BCUT2D eigenvalue weighted by Gasteiger charge is -2.09. The van der Waals surface area contributed by atoms with Crippen LogP contribution in [0.4, 0.5) is 14.9 Å². The number of amides is 2. The number of aryl methyl sites for hydroxylation is 1. The molecule has 0 spiro atoms. The lowest BCUT2D eigenvalue weighted by atomic mass is 10.2. The first-order valence-electron chi connectivity index (χ1n) is 8.50. The summed E-state index contributed by atoms with van der Waals surface area (Å²) in [5.74, 6) is -0.498. The molecular formula is C20H20BrFN4O. The fourth-order valence-corrected chi connectivity index (χ4v) is 3.16. The number of nitrogens with one attached hydrogen (secondary N) is 2. The number of nitrogens with zero attached hydrogens (tertiary/aromatic N) is 2. The van der Waals surface area contributed by atoms with Gasteiger partial charge in [-0.25, -0.2) is 9.18 Å². The number of carbonyl (C=O) groups excluding carboxylic acids is 1. The van der Waals surface area contributed by atoms with Crippen molar-refractivity contribution in [3.8, 4) is 0 Å². The Morgan fingerprint density at radius 3 is 2.63 bits per heavy atom. The van der Waals surface area contributed by atoms with E-state index in [0.717, 1.165) is 22.5 Å². The molecule has 0 atom stereocenters. The van der Waals surface area contributed by atoms with E-state index in [1.54, 1.807) is 6.07 Å². The first kappa shape index (κ1) is 19.1. The van der Waals surface area contributed by atoms with Gasteiger partial charge in [0.15, 0.2) is 0 Å². The highest BCUT2D eigenvalue weighted by Crippen LogP contribution is 2.19. The van der Waals surface area contributed by atoms with Gasteiger partial charge < -0.3 is 10.6 Å². The standard InChI is InChI=1S/C20H20BrFN4O/c1-13-17(14(2)26(25-13)12-15-6-4-3-5-7-15)11-23-20(27)24-19-9-8-16(21)10-18(19)22/h3-10H,11-12H2,1-2H3,(H2,23,24,27). The molecule has 2 amide bonds. The van der Waals surface area contributed by atoms with Gasteiger partial charge in [0.05, 0.1) is 17.9 Å². The Hall–Kier alpha value is -2.67. The van der Waals surface area contributed by atoms with E-state index < -0.39 is 11.8 Å². The molecule has 27 heavy (non-hydrogen) atoms. The van der Waals surface area contributed by atoms with E-state index in [-0.39, 0.29) is 5.69 Å². The molecule has 0 saturated heterocycles. The Kier molecular flexibility index (Phi) is 5.91. The molecule has 3 aromatic rings. The van der Waals surface area contributed by atoms with Crippen molar-refractivity contribution in [1.82, 2.24) is 15.1 Å². The van der Waals surface area contributed by atoms with Gasteiger partial charge in [-0.15, -0.1) is 0 Å². The number of aromatic nitrogens is 2. The third kappa shape index (κ3) is 4.74. The van der Waals surface area contributed by atoms with Crippen LogP contribution in [0.5, 0.6) is 0 Å². The zero-order valence-electron chi connectivity index (χ0n) is 15.1. The molecule has 0 saturated carbocycles. The monoisotopic (exact) mass is 430 g/mol. The van der Waals surface area contributed by atoms with Crippen molar-refractivity contribution in [3.05, 3.63) is 81.3 Å². The van der Waals surface area contributed by atoms with Crippen LogP contribution < -0.4 is 10.6 Å². The minimum atomic E-state index is -0.498. The van der Waals surface area contributed by atoms with Gasteiger partial charge in [0, 0.05) is 22.3 Å². The second-order valence-corrected chi connectivity index (χ2v) is 7.14. The maximum atomic E-state index is 13.8. The predicted octanol–water partition coefficient (Wildman–Crippen LogP) is 4.77. The second-order valence-electron chi connectivity index (χ2n) is 6.22. The van der Waals surface area contributed by atoms with Crippen LogP contribution >= 0.6 is 15.9 Å². The van der Waals surface area contributed by atoms with Crippen LogP contribution in [-0.4, -0.2) is 15.8 Å². The van der Waals surface area contributed by atoms with Crippen molar-refractivity contribution < 1.29 is 9.18 Å². The zero-order valence-corrected chi connectivity index (χ0v) is 16.7. The zero-order chi connectivity index (χ0) is 19.4. The van der Waals surface area contributed by atoms with E-state index in [1.807, 2.05) is 36.7 Å². The Labute approximate surface area is 165 Å². The van der Waals surface area contributed by atoms with Crippen LogP contribution in [0, 0.1) is 19.7 Å². The molecule has 0 aliphatic rings. The van der Waals surface area contributed by atoms with E-state index in [1.165, 1.54) is 12.1 Å². The van der Waals surface area contributed by atoms with Gasteiger partial charge in [-0.1, -0.05) is 46.3 Å². The van der Waals surface area contributed by atoms with E-state index in [4.69, 9.17) is 0 Å². The summed E-state index contributed by atoms with van der Waals surface area (Å²) in [4.78, 5) is 12.1. The quantitative estimate of drug-likeness (QED) is 0.612. The van der Waals surface area contributed by atoms with Crippen LogP contribution in [-0.2, 0) is 13.1 Å². The van der Waals surface area contributed by atoms with Crippen molar-refractivity contribution in [2.45, 2.75) is 26.9 Å². The highest BCUT2D eigenvalue weighted by molar-refractivity contribution is 9.10. The Morgan fingerprint density at radius 1 is 1.19 bits per heavy atom. The molecule has 0 bridgehead atoms. The maximum absolute atomic E-state index is 13.8. The number of hydrogen-bond donors (Lipinski definition) is 2. The molecular weight excluding hydrogens is 411 g/mol. The molecule has 7 heteroatoms. The van der Waals surface area contributed by atoms with Gasteiger partial charge >= 0.3 is 6.03 Å².